The molecule has 19 heavy (non-hydrogen) atoms. The van der Waals surface area contributed by atoms with Crippen LogP contribution >= 0.6 is 0 Å². The van der Waals surface area contributed by atoms with Gasteiger partial charge >= 0.3 is 5.97 Å². The highest BCUT2D eigenvalue weighted by Gasteiger charge is 2.21. The number of anilines is 1. The van der Waals surface area contributed by atoms with Gasteiger partial charge in [0.1, 0.15) is 6.54 Å². The highest BCUT2D eigenvalue weighted by Crippen LogP contribution is 2.17. The van der Waals surface area contributed by atoms with Gasteiger partial charge in [0, 0.05) is 12.2 Å². The number of carbonyl (C=O) groups excluding carboxylic acids is 1. The van der Waals surface area contributed by atoms with E-state index < -0.39 is 5.97 Å². The molecule has 1 rings (SSSR count). The van der Waals surface area contributed by atoms with Crippen LogP contribution in [0.2, 0.25) is 0 Å². The van der Waals surface area contributed by atoms with Gasteiger partial charge in [0.25, 0.3) is 5.91 Å². The normalized spacial score (nSPS) is 10.5. The molecule has 1 amide bonds. The van der Waals surface area contributed by atoms with E-state index in [0.717, 1.165) is 5.56 Å². The monoisotopic (exact) mass is 264 g/mol. The summed E-state index contributed by atoms with van der Waals surface area (Å²) in [5, 5.41) is 8.89. The number of nitrogen functional groups attached to an aromatic ring is 1. The van der Waals surface area contributed by atoms with E-state index in [1.807, 2.05) is 26.8 Å². The molecular weight excluding hydrogens is 244 g/mol. The van der Waals surface area contributed by atoms with Crippen LogP contribution in [0.5, 0.6) is 0 Å². The van der Waals surface area contributed by atoms with E-state index >= 15 is 0 Å². The fourth-order valence-electron chi connectivity index (χ4n) is 1.85. The number of carboxylic acid groups (broad SMARTS) is 1. The average Bonchev–Trinajstić information content (AvgIpc) is 2.29. The number of hydrogen-bond acceptors (Lipinski definition) is 3. The quantitative estimate of drug-likeness (QED) is 0.794. The number of benzene rings is 1. The van der Waals surface area contributed by atoms with E-state index in [2.05, 4.69) is 0 Å². The SMILES string of the molecule is Cc1ccc(N)c(C(=O)N(CC(=O)O)CC(C)C)c1. The molecule has 5 nitrogen and oxygen atoms in total. The Labute approximate surface area is 113 Å². The van der Waals surface area contributed by atoms with Gasteiger partial charge in [-0.1, -0.05) is 25.5 Å². The molecule has 0 unspecified atom stereocenters. The fourth-order valence-corrected chi connectivity index (χ4v) is 1.85. The smallest absolute Gasteiger partial charge is 0.323 e. The maximum atomic E-state index is 12.4. The van der Waals surface area contributed by atoms with Gasteiger partial charge in [-0.25, -0.2) is 0 Å². The van der Waals surface area contributed by atoms with Gasteiger partial charge in [-0.3, -0.25) is 9.59 Å². The summed E-state index contributed by atoms with van der Waals surface area (Å²) in [4.78, 5) is 24.5. The molecule has 0 saturated heterocycles. The summed E-state index contributed by atoms with van der Waals surface area (Å²) >= 11 is 0. The maximum absolute atomic E-state index is 12.4. The lowest BCUT2D eigenvalue weighted by molar-refractivity contribution is -0.137. The molecule has 0 spiro atoms. The van der Waals surface area contributed by atoms with Gasteiger partial charge in [-0.05, 0) is 25.0 Å². The molecule has 0 atom stereocenters. The summed E-state index contributed by atoms with van der Waals surface area (Å²) in [5.41, 5.74) is 7.44. The third kappa shape index (κ3) is 4.28. The number of carboxylic acids is 1. The van der Waals surface area contributed by atoms with Gasteiger partial charge in [0.05, 0.1) is 5.56 Å². The molecule has 1 aromatic carbocycles. The third-order valence-corrected chi connectivity index (χ3v) is 2.64. The van der Waals surface area contributed by atoms with Crippen LogP contribution in [-0.2, 0) is 4.79 Å². The number of carbonyl (C=O) groups is 2. The number of nitrogens with zero attached hydrogens (tertiary/aromatic N) is 1. The Kier molecular flexibility index (Phi) is 4.92. The third-order valence-electron chi connectivity index (χ3n) is 2.64. The summed E-state index contributed by atoms with van der Waals surface area (Å²) in [6.45, 7) is 5.80. The first-order chi connectivity index (χ1) is 8.81. The van der Waals surface area contributed by atoms with Crippen LogP contribution in [0.3, 0.4) is 0 Å². The molecule has 1 aromatic rings. The lowest BCUT2D eigenvalue weighted by Gasteiger charge is -2.23. The molecule has 104 valence electrons. The molecule has 0 bridgehead atoms. The molecule has 0 aliphatic heterocycles. The summed E-state index contributed by atoms with van der Waals surface area (Å²) in [7, 11) is 0. The zero-order chi connectivity index (χ0) is 14.6. The van der Waals surface area contributed by atoms with Crippen LogP contribution in [0.4, 0.5) is 5.69 Å². The zero-order valence-electron chi connectivity index (χ0n) is 11.5. The van der Waals surface area contributed by atoms with E-state index in [1.165, 1.54) is 4.90 Å². The minimum atomic E-state index is -1.03. The zero-order valence-corrected chi connectivity index (χ0v) is 11.5. The van der Waals surface area contributed by atoms with Crippen molar-refractivity contribution in [2.24, 2.45) is 5.92 Å². The Morgan fingerprint density at radius 3 is 2.53 bits per heavy atom. The highest BCUT2D eigenvalue weighted by atomic mass is 16.4. The maximum Gasteiger partial charge on any atom is 0.323 e. The van der Waals surface area contributed by atoms with E-state index in [1.54, 1.807) is 12.1 Å². The lowest BCUT2D eigenvalue weighted by Crippen LogP contribution is -2.38. The number of aryl methyl sites for hydroxylation is 1. The van der Waals surface area contributed by atoms with Crippen molar-refractivity contribution in [3.05, 3.63) is 29.3 Å². The first-order valence-electron chi connectivity index (χ1n) is 6.18. The van der Waals surface area contributed by atoms with E-state index in [4.69, 9.17) is 10.8 Å². The van der Waals surface area contributed by atoms with Crippen LogP contribution < -0.4 is 5.73 Å². The molecule has 0 heterocycles. The van der Waals surface area contributed by atoms with E-state index in [-0.39, 0.29) is 18.4 Å². The fraction of sp³-hybridized carbons (Fsp3) is 0.429. The van der Waals surface area contributed by atoms with Crippen LogP contribution in [0.25, 0.3) is 0 Å². The number of amides is 1. The first kappa shape index (κ1) is 15.0. The van der Waals surface area contributed by atoms with Crippen molar-refractivity contribution in [1.82, 2.24) is 4.90 Å². The lowest BCUT2D eigenvalue weighted by atomic mass is 10.1. The number of hydrogen-bond donors (Lipinski definition) is 2. The minimum absolute atomic E-state index is 0.189. The molecule has 5 heteroatoms. The Morgan fingerprint density at radius 1 is 1.37 bits per heavy atom. The molecular formula is C14H20N2O3. The molecule has 0 aromatic heterocycles. The minimum Gasteiger partial charge on any atom is -0.480 e. The van der Waals surface area contributed by atoms with Gasteiger partial charge in [0.2, 0.25) is 0 Å². The summed E-state index contributed by atoms with van der Waals surface area (Å²) in [6, 6.07) is 5.17. The van der Waals surface area contributed by atoms with Crippen molar-refractivity contribution < 1.29 is 14.7 Å². The summed E-state index contributed by atoms with van der Waals surface area (Å²) < 4.78 is 0. The number of nitrogens with two attached hydrogens (primary N) is 1. The van der Waals surface area contributed by atoms with Gasteiger partial charge in [0.15, 0.2) is 0 Å². The Bertz CT molecular complexity index is 484. The Hall–Kier alpha value is -2.04. The van der Waals surface area contributed by atoms with Gasteiger partial charge < -0.3 is 15.7 Å². The van der Waals surface area contributed by atoms with Crippen molar-refractivity contribution in [3.8, 4) is 0 Å². The first-order valence-corrected chi connectivity index (χ1v) is 6.18. The second-order valence-corrected chi connectivity index (χ2v) is 5.06. The van der Waals surface area contributed by atoms with E-state index in [0.29, 0.717) is 17.8 Å². The Morgan fingerprint density at radius 2 is 2.00 bits per heavy atom. The number of aliphatic carboxylic acids is 1. The van der Waals surface area contributed by atoms with Crippen molar-refractivity contribution in [2.45, 2.75) is 20.8 Å². The second-order valence-electron chi connectivity index (χ2n) is 5.06. The van der Waals surface area contributed by atoms with Crippen molar-refractivity contribution >= 4 is 17.6 Å². The van der Waals surface area contributed by atoms with Gasteiger partial charge in [-0.2, -0.15) is 0 Å². The molecule has 3 N–H and O–H groups in total. The molecule has 0 aliphatic rings. The average molecular weight is 264 g/mol. The molecule has 0 aliphatic carbocycles. The molecule has 0 radical (unpaired) electrons. The Balaban J connectivity index is 3.03. The van der Waals surface area contributed by atoms with Crippen molar-refractivity contribution in [1.29, 1.82) is 0 Å². The van der Waals surface area contributed by atoms with Crippen LogP contribution in [0.1, 0.15) is 29.8 Å². The van der Waals surface area contributed by atoms with E-state index in [9.17, 15) is 9.59 Å². The summed E-state index contributed by atoms with van der Waals surface area (Å²) in [6.07, 6.45) is 0. The van der Waals surface area contributed by atoms with Crippen molar-refractivity contribution in [3.63, 3.8) is 0 Å². The molecule has 0 fully saturated rings. The predicted octanol–water partition coefficient (Wildman–Crippen LogP) is 1.76. The highest BCUT2D eigenvalue weighted by molar-refractivity contribution is 6.00. The summed E-state index contributed by atoms with van der Waals surface area (Å²) in [5.74, 6) is -1.17. The largest absolute Gasteiger partial charge is 0.480 e. The van der Waals surface area contributed by atoms with Crippen LogP contribution in [0.15, 0.2) is 18.2 Å². The van der Waals surface area contributed by atoms with Crippen LogP contribution in [-0.4, -0.2) is 35.0 Å². The second kappa shape index (κ2) is 6.22. The molecule has 0 saturated carbocycles. The standard InChI is InChI=1S/C14H20N2O3/c1-9(2)7-16(8-13(17)18)14(19)11-6-10(3)4-5-12(11)15/h4-6,9H,7-8,15H2,1-3H3,(H,17,18). The number of rotatable bonds is 5. The van der Waals surface area contributed by atoms with Gasteiger partial charge in [-0.15, -0.1) is 0 Å². The van der Waals surface area contributed by atoms with Crippen molar-refractivity contribution in [2.75, 3.05) is 18.8 Å². The topological polar surface area (TPSA) is 83.6 Å². The predicted molar refractivity (Wildman–Crippen MR) is 74.0 cm³/mol. The van der Waals surface area contributed by atoms with Crippen LogP contribution in [0, 0.1) is 12.8 Å².